The van der Waals surface area contributed by atoms with Gasteiger partial charge in [0.2, 0.25) is 0 Å². The van der Waals surface area contributed by atoms with Gasteiger partial charge in [-0.25, -0.2) is 0 Å². The van der Waals surface area contributed by atoms with Crippen LogP contribution in [0.2, 0.25) is 0 Å². The molecular weight excluding hydrogens is 518 g/mol. The third kappa shape index (κ3) is 8.67. The van der Waals surface area contributed by atoms with Crippen molar-refractivity contribution in [3.63, 3.8) is 0 Å². The van der Waals surface area contributed by atoms with E-state index in [2.05, 4.69) is 176 Å². The van der Waals surface area contributed by atoms with Gasteiger partial charge in [-0.15, -0.1) is 0 Å². The second-order valence-corrected chi connectivity index (χ2v) is 10.7. The molecular formula is C42H39N. The van der Waals surface area contributed by atoms with Gasteiger partial charge in [0, 0.05) is 17.1 Å². The number of nitrogens with zero attached hydrogens (tertiary/aromatic N) is 1. The predicted octanol–water partition coefficient (Wildman–Crippen LogP) is 11.7. The highest BCUT2D eigenvalue weighted by Crippen LogP contribution is 2.33. The zero-order valence-corrected chi connectivity index (χ0v) is 24.9. The zero-order valence-electron chi connectivity index (χ0n) is 24.9. The molecule has 0 aromatic heterocycles. The minimum Gasteiger partial charge on any atom is -0.311 e. The minimum atomic E-state index is 0.963. The molecule has 0 heterocycles. The van der Waals surface area contributed by atoms with Crippen molar-refractivity contribution in [2.75, 3.05) is 4.90 Å². The summed E-state index contributed by atoms with van der Waals surface area (Å²) in [4.78, 5) is 2.35. The summed E-state index contributed by atoms with van der Waals surface area (Å²) < 4.78 is 0. The molecule has 3 aromatic rings. The molecule has 0 atom stereocenters. The summed E-state index contributed by atoms with van der Waals surface area (Å²) in [6.45, 7) is 5.96. The molecule has 2 aliphatic rings. The smallest absolute Gasteiger partial charge is 0.0461 e. The fourth-order valence-electron chi connectivity index (χ4n) is 5.13. The molecule has 212 valence electrons. The average molecular weight is 558 g/mol. The summed E-state index contributed by atoms with van der Waals surface area (Å²) in [5, 5.41) is 0. The molecule has 0 fully saturated rings. The number of hydrogen-bond acceptors (Lipinski definition) is 1. The van der Waals surface area contributed by atoms with E-state index in [1.807, 2.05) is 12.1 Å². The molecule has 5 rings (SSSR count). The van der Waals surface area contributed by atoms with Gasteiger partial charge in [-0.2, -0.15) is 0 Å². The van der Waals surface area contributed by atoms with Crippen LogP contribution in [0.5, 0.6) is 0 Å². The van der Waals surface area contributed by atoms with Gasteiger partial charge >= 0.3 is 0 Å². The van der Waals surface area contributed by atoms with Gasteiger partial charge in [0.05, 0.1) is 0 Å². The van der Waals surface area contributed by atoms with E-state index in [1.165, 1.54) is 39.1 Å². The normalized spacial score (nSPS) is 16.3. The van der Waals surface area contributed by atoms with E-state index in [-0.39, 0.29) is 0 Å². The second-order valence-electron chi connectivity index (χ2n) is 10.7. The topological polar surface area (TPSA) is 3.24 Å². The van der Waals surface area contributed by atoms with Crippen LogP contribution in [0.3, 0.4) is 0 Å². The Bertz CT molecular complexity index is 1660. The largest absolute Gasteiger partial charge is 0.311 e. The van der Waals surface area contributed by atoms with Crippen LogP contribution in [-0.2, 0) is 0 Å². The second kappa shape index (κ2) is 15.2. The summed E-state index contributed by atoms with van der Waals surface area (Å²) >= 11 is 0. The van der Waals surface area contributed by atoms with Crippen molar-refractivity contribution < 1.29 is 0 Å². The van der Waals surface area contributed by atoms with Crippen molar-refractivity contribution in [3.05, 3.63) is 197 Å². The number of rotatable bonds is 9. The standard InChI is InChI=1S/C42H39N/c1-3-12-34(2)33-39-17-11-18-40(32-27-39)43(42-30-25-38(26-31-42)22-20-36-15-9-6-10-16-36)41-28-23-37(24-29-41)21-19-35-13-7-4-5-8-14-35/h3-7,9-10,12-16,18-33H,1,8,11,17H2,2H3/b21-19+,22-20+,34-12-,39-33+. The Morgan fingerprint density at radius 3 is 2.02 bits per heavy atom. The van der Waals surface area contributed by atoms with Crippen LogP contribution in [0.4, 0.5) is 11.4 Å². The van der Waals surface area contributed by atoms with Crippen LogP contribution in [0.1, 0.15) is 42.9 Å². The summed E-state index contributed by atoms with van der Waals surface area (Å²) in [6.07, 6.45) is 35.4. The molecule has 0 aliphatic heterocycles. The van der Waals surface area contributed by atoms with Crippen molar-refractivity contribution in [3.8, 4) is 0 Å². The molecule has 1 nitrogen and oxygen atoms in total. The average Bonchev–Trinajstić information content (AvgIpc) is 3.44. The summed E-state index contributed by atoms with van der Waals surface area (Å²) in [5.74, 6) is 0. The lowest BCUT2D eigenvalue weighted by Crippen LogP contribution is -2.15. The molecule has 1 heteroatoms. The van der Waals surface area contributed by atoms with E-state index in [0.717, 1.165) is 30.6 Å². The Kier molecular flexibility index (Phi) is 10.4. The molecule has 0 spiro atoms. The van der Waals surface area contributed by atoms with Crippen LogP contribution < -0.4 is 4.90 Å². The highest BCUT2D eigenvalue weighted by Gasteiger charge is 2.15. The van der Waals surface area contributed by atoms with Gasteiger partial charge in [0.25, 0.3) is 0 Å². The van der Waals surface area contributed by atoms with Gasteiger partial charge in [-0.05, 0) is 84.4 Å². The molecule has 0 bridgehead atoms. The van der Waals surface area contributed by atoms with Crippen molar-refractivity contribution in [2.24, 2.45) is 0 Å². The highest BCUT2D eigenvalue weighted by atomic mass is 15.1. The molecule has 0 radical (unpaired) electrons. The van der Waals surface area contributed by atoms with Crippen LogP contribution in [0, 0.1) is 0 Å². The first-order chi connectivity index (χ1) is 21.2. The quantitative estimate of drug-likeness (QED) is 0.187. The third-order valence-electron chi connectivity index (χ3n) is 7.37. The molecule has 2 aliphatic carbocycles. The van der Waals surface area contributed by atoms with Gasteiger partial charge in [0.15, 0.2) is 0 Å². The number of anilines is 2. The SMILES string of the molecule is C=C/C=C(C)\C=C1\C=CC(N(c2ccc(/C=C/C3=CCC=CC=C3)cc2)c2ccc(/C=C/c3ccccc3)cc2)=CCC1. The summed E-state index contributed by atoms with van der Waals surface area (Å²) in [6, 6.07) is 28.1. The highest BCUT2D eigenvalue weighted by molar-refractivity contribution is 5.75. The fourth-order valence-corrected chi connectivity index (χ4v) is 5.13. The number of hydrogen-bond donors (Lipinski definition) is 0. The van der Waals surface area contributed by atoms with Crippen LogP contribution in [-0.4, -0.2) is 0 Å². The van der Waals surface area contributed by atoms with Crippen molar-refractivity contribution in [2.45, 2.75) is 26.2 Å². The van der Waals surface area contributed by atoms with Crippen LogP contribution >= 0.6 is 0 Å². The Labute approximate surface area is 257 Å². The first kappa shape index (κ1) is 29.4. The van der Waals surface area contributed by atoms with E-state index in [1.54, 1.807) is 0 Å². The lowest BCUT2D eigenvalue weighted by Gasteiger charge is -2.26. The lowest BCUT2D eigenvalue weighted by molar-refractivity contribution is 1.00. The third-order valence-corrected chi connectivity index (χ3v) is 7.37. The van der Waals surface area contributed by atoms with Crippen molar-refractivity contribution in [1.29, 1.82) is 0 Å². The molecule has 0 amide bonds. The van der Waals surface area contributed by atoms with E-state index in [0.29, 0.717) is 0 Å². The zero-order chi connectivity index (χ0) is 29.7. The number of benzene rings is 3. The Morgan fingerprint density at radius 1 is 0.698 bits per heavy atom. The Morgan fingerprint density at radius 2 is 1.35 bits per heavy atom. The molecule has 0 saturated carbocycles. The maximum absolute atomic E-state index is 3.84. The lowest BCUT2D eigenvalue weighted by atomic mass is 10.1. The van der Waals surface area contributed by atoms with Crippen molar-refractivity contribution in [1.82, 2.24) is 0 Å². The Balaban J connectivity index is 1.43. The van der Waals surface area contributed by atoms with E-state index >= 15 is 0 Å². The predicted molar refractivity (Wildman–Crippen MR) is 189 cm³/mol. The fraction of sp³-hybridized carbons (Fsp3) is 0.0952. The molecule has 0 unspecified atom stereocenters. The molecule has 0 N–H and O–H groups in total. The van der Waals surface area contributed by atoms with Gasteiger partial charge in [-0.1, -0.05) is 152 Å². The first-order valence-electron chi connectivity index (χ1n) is 15.0. The maximum Gasteiger partial charge on any atom is 0.0461 e. The maximum atomic E-state index is 3.84. The summed E-state index contributed by atoms with van der Waals surface area (Å²) in [5.41, 5.74) is 10.7. The number of allylic oxidation sites excluding steroid dienone is 15. The molecule has 0 saturated heterocycles. The van der Waals surface area contributed by atoms with E-state index in [9.17, 15) is 0 Å². The Hall–Kier alpha value is -5.14. The first-order valence-corrected chi connectivity index (χ1v) is 15.0. The van der Waals surface area contributed by atoms with Gasteiger partial charge in [0.1, 0.15) is 0 Å². The minimum absolute atomic E-state index is 0.963. The van der Waals surface area contributed by atoms with Crippen molar-refractivity contribution >= 4 is 29.6 Å². The monoisotopic (exact) mass is 557 g/mol. The van der Waals surface area contributed by atoms with E-state index < -0.39 is 0 Å². The molecule has 43 heavy (non-hydrogen) atoms. The van der Waals surface area contributed by atoms with Crippen LogP contribution in [0.25, 0.3) is 18.2 Å². The van der Waals surface area contributed by atoms with Crippen LogP contribution in [0.15, 0.2) is 181 Å². The van der Waals surface area contributed by atoms with Gasteiger partial charge < -0.3 is 4.90 Å². The molecule has 3 aromatic carbocycles. The van der Waals surface area contributed by atoms with Gasteiger partial charge in [-0.3, -0.25) is 0 Å². The summed E-state index contributed by atoms with van der Waals surface area (Å²) in [7, 11) is 0. The van der Waals surface area contributed by atoms with E-state index in [4.69, 9.17) is 0 Å².